The number of hydrogen-bond acceptors (Lipinski definition) is 6. The molecule has 0 unspecified atom stereocenters. The van der Waals surface area contributed by atoms with Crippen LogP contribution >= 0.6 is 0 Å². The minimum Gasteiger partial charge on any atom is -0.462 e. The first-order valence-electron chi connectivity index (χ1n) is 10.3. The molecule has 2 amide bonds. The van der Waals surface area contributed by atoms with E-state index in [1.807, 2.05) is 6.92 Å². The van der Waals surface area contributed by atoms with E-state index in [-0.39, 0.29) is 11.7 Å². The van der Waals surface area contributed by atoms with Gasteiger partial charge in [0.25, 0.3) is 5.69 Å². The van der Waals surface area contributed by atoms with Crippen molar-refractivity contribution in [1.82, 2.24) is 4.90 Å². The van der Waals surface area contributed by atoms with Gasteiger partial charge in [0, 0.05) is 44.0 Å². The molecule has 31 heavy (non-hydrogen) atoms. The number of piperazine rings is 1. The van der Waals surface area contributed by atoms with Crippen molar-refractivity contribution < 1.29 is 19.2 Å². The number of carbonyl (C=O) groups is 2. The van der Waals surface area contributed by atoms with Crippen LogP contribution in [0.25, 0.3) is 0 Å². The smallest absolute Gasteiger partial charge is 0.340 e. The Morgan fingerprint density at radius 1 is 1.06 bits per heavy atom. The molecule has 1 aliphatic rings. The van der Waals surface area contributed by atoms with Crippen LogP contribution in [0.1, 0.15) is 30.1 Å². The maximum atomic E-state index is 12.7. The highest BCUT2D eigenvalue weighted by Gasteiger charge is 2.23. The standard InChI is InChI=1S/C22H26N4O5/c1-2-3-16-31-21(27)19-6-4-5-7-20(19)23-22(28)25-14-12-24(13-15-25)17-8-10-18(11-9-17)26(29)30/h4-11H,2-3,12-16H2,1H3,(H,23,28). The van der Waals surface area contributed by atoms with E-state index >= 15 is 0 Å². The van der Waals surface area contributed by atoms with Crippen molar-refractivity contribution in [2.45, 2.75) is 19.8 Å². The molecule has 1 saturated heterocycles. The monoisotopic (exact) mass is 426 g/mol. The third-order valence-electron chi connectivity index (χ3n) is 5.11. The van der Waals surface area contributed by atoms with Crippen molar-refractivity contribution in [1.29, 1.82) is 0 Å². The first-order chi connectivity index (χ1) is 15.0. The van der Waals surface area contributed by atoms with Gasteiger partial charge in [0.1, 0.15) is 0 Å². The minimum atomic E-state index is -0.452. The third-order valence-corrected chi connectivity index (χ3v) is 5.11. The number of amides is 2. The molecule has 0 atom stereocenters. The van der Waals surface area contributed by atoms with Crippen molar-refractivity contribution in [2.75, 3.05) is 43.0 Å². The molecule has 0 aromatic heterocycles. The Balaban J connectivity index is 1.57. The van der Waals surface area contributed by atoms with E-state index in [0.29, 0.717) is 44.0 Å². The van der Waals surface area contributed by atoms with E-state index in [4.69, 9.17) is 4.74 Å². The largest absolute Gasteiger partial charge is 0.462 e. The van der Waals surface area contributed by atoms with Crippen LogP contribution in [0.4, 0.5) is 21.9 Å². The Morgan fingerprint density at radius 3 is 2.39 bits per heavy atom. The number of nitro groups is 1. The molecule has 9 nitrogen and oxygen atoms in total. The van der Waals surface area contributed by atoms with Gasteiger partial charge in [-0.2, -0.15) is 0 Å². The van der Waals surface area contributed by atoms with Gasteiger partial charge >= 0.3 is 12.0 Å². The predicted molar refractivity (Wildman–Crippen MR) is 118 cm³/mol. The van der Waals surface area contributed by atoms with Crippen LogP contribution in [0.5, 0.6) is 0 Å². The number of nitrogens with one attached hydrogen (secondary N) is 1. The van der Waals surface area contributed by atoms with E-state index in [2.05, 4.69) is 10.2 Å². The number of carbonyl (C=O) groups excluding carboxylic acids is 2. The summed E-state index contributed by atoms with van der Waals surface area (Å²) in [6.45, 7) is 4.56. The van der Waals surface area contributed by atoms with E-state index in [1.165, 1.54) is 12.1 Å². The molecule has 164 valence electrons. The average molecular weight is 426 g/mol. The zero-order valence-corrected chi connectivity index (χ0v) is 17.5. The van der Waals surface area contributed by atoms with Crippen LogP contribution in [-0.2, 0) is 4.74 Å². The second-order valence-corrected chi connectivity index (χ2v) is 7.21. The first-order valence-corrected chi connectivity index (χ1v) is 10.3. The molecule has 0 spiro atoms. The van der Waals surface area contributed by atoms with Gasteiger partial charge in [-0.1, -0.05) is 25.5 Å². The Labute approximate surface area is 180 Å². The summed E-state index contributed by atoms with van der Waals surface area (Å²) in [5.74, 6) is -0.452. The summed E-state index contributed by atoms with van der Waals surface area (Å²) in [7, 11) is 0. The number of unbranched alkanes of at least 4 members (excludes halogenated alkanes) is 1. The van der Waals surface area contributed by atoms with Crippen LogP contribution in [0.2, 0.25) is 0 Å². The van der Waals surface area contributed by atoms with Gasteiger partial charge < -0.3 is 19.9 Å². The van der Waals surface area contributed by atoms with E-state index < -0.39 is 10.9 Å². The van der Waals surface area contributed by atoms with E-state index in [1.54, 1.807) is 41.3 Å². The summed E-state index contributed by atoms with van der Waals surface area (Å²) in [4.78, 5) is 39.2. The van der Waals surface area contributed by atoms with Crippen LogP contribution in [0.3, 0.4) is 0 Å². The number of nitro benzene ring substituents is 1. The Kier molecular flexibility index (Phi) is 7.42. The number of ether oxygens (including phenoxy) is 1. The number of non-ortho nitro benzene ring substituents is 1. The van der Waals surface area contributed by atoms with Gasteiger partial charge in [-0.05, 0) is 30.7 Å². The molecule has 1 heterocycles. The summed E-state index contributed by atoms with van der Waals surface area (Å²) in [5.41, 5.74) is 1.68. The lowest BCUT2D eigenvalue weighted by Gasteiger charge is -2.36. The Hall–Kier alpha value is -3.62. The lowest BCUT2D eigenvalue weighted by Crippen LogP contribution is -2.50. The van der Waals surface area contributed by atoms with Crippen LogP contribution in [0, 0.1) is 10.1 Å². The quantitative estimate of drug-likeness (QED) is 0.312. The molecular weight excluding hydrogens is 400 g/mol. The van der Waals surface area contributed by atoms with Gasteiger partial charge in [-0.3, -0.25) is 10.1 Å². The highest BCUT2D eigenvalue weighted by atomic mass is 16.6. The zero-order valence-electron chi connectivity index (χ0n) is 17.5. The second kappa shape index (κ2) is 10.4. The molecule has 3 rings (SSSR count). The maximum absolute atomic E-state index is 12.7. The number of esters is 1. The highest BCUT2D eigenvalue weighted by Crippen LogP contribution is 2.22. The van der Waals surface area contributed by atoms with Gasteiger partial charge in [0.15, 0.2) is 0 Å². The fourth-order valence-corrected chi connectivity index (χ4v) is 3.30. The minimum absolute atomic E-state index is 0.0497. The SMILES string of the molecule is CCCCOC(=O)c1ccccc1NC(=O)N1CCN(c2ccc([N+](=O)[O-])cc2)CC1. The molecule has 2 aromatic carbocycles. The van der Waals surface area contributed by atoms with Gasteiger partial charge in [-0.25, -0.2) is 9.59 Å². The van der Waals surface area contributed by atoms with Crippen molar-refractivity contribution in [3.63, 3.8) is 0 Å². The second-order valence-electron chi connectivity index (χ2n) is 7.21. The van der Waals surface area contributed by atoms with Gasteiger partial charge in [-0.15, -0.1) is 0 Å². The number of para-hydroxylation sites is 1. The van der Waals surface area contributed by atoms with Crippen LogP contribution in [0.15, 0.2) is 48.5 Å². The number of urea groups is 1. The normalized spacial score (nSPS) is 13.6. The highest BCUT2D eigenvalue weighted by molar-refractivity contribution is 6.00. The number of hydrogen-bond donors (Lipinski definition) is 1. The molecule has 0 bridgehead atoms. The summed E-state index contributed by atoms with van der Waals surface area (Å²) in [5, 5.41) is 13.6. The summed E-state index contributed by atoms with van der Waals surface area (Å²) >= 11 is 0. The Bertz CT molecular complexity index is 924. The number of anilines is 2. The number of benzene rings is 2. The summed E-state index contributed by atoms with van der Waals surface area (Å²) in [6.07, 6.45) is 1.72. The van der Waals surface area contributed by atoms with Crippen LogP contribution < -0.4 is 10.2 Å². The fraction of sp³-hybridized carbons (Fsp3) is 0.364. The molecule has 1 aliphatic heterocycles. The lowest BCUT2D eigenvalue weighted by molar-refractivity contribution is -0.384. The molecule has 1 N–H and O–H groups in total. The predicted octanol–water partition coefficient (Wildman–Crippen LogP) is 3.91. The average Bonchev–Trinajstić information content (AvgIpc) is 2.79. The third kappa shape index (κ3) is 5.71. The maximum Gasteiger partial charge on any atom is 0.340 e. The lowest BCUT2D eigenvalue weighted by atomic mass is 10.2. The van der Waals surface area contributed by atoms with E-state index in [9.17, 15) is 19.7 Å². The molecule has 0 aliphatic carbocycles. The number of nitrogens with zero attached hydrogens (tertiary/aromatic N) is 3. The molecule has 1 fully saturated rings. The van der Waals surface area contributed by atoms with Gasteiger partial charge in [0.2, 0.25) is 0 Å². The fourth-order valence-electron chi connectivity index (χ4n) is 3.30. The molecular formula is C22H26N4O5. The van der Waals surface area contributed by atoms with Crippen molar-refractivity contribution >= 4 is 29.1 Å². The molecule has 2 aromatic rings. The van der Waals surface area contributed by atoms with Crippen LogP contribution in [-0.4, -0.2) is 54.6 Å². The summed E-state index contributed by atoms with van der Waals surface area (Å²) < 4.78 is 5.27. The topological polar surface area (TPSA) is 105 Å². The van der Waals surface area contributed by atoms with Crippen molar-refractivity contribution in [3.05, 3.63) is 64.2 Å². The zero-order chi connectivity index (χ0) is 22.2. The van der Waals surface area contributed by atoms with Crippen molar-refractivity contribution in [3.8, 4) is 0 Å². The van der Waals surface area contributed by atoms with E-state index in [0.717, 1.165) is 18.5 Å². The molecule has 9 heteroatoms. The number of rotatable bonds is 7. The first kappa shape index (κ1) is 22.1. The van der Waals surface area contributed by atoms with Gasteiger partial charge in [0.05, 0.1) is 22.8 Å². The molecule has 0 radical (unpaired) electrons. The summed E-state index contributed by atoms with van der Waals surface area (Å²) in [6, 6.07) is 12.9. The van der Waals surface area contributed by atoms with Crippen molar-refractivity contribution in [2.24, 2.45) is 0 Å². The molecule has 0 saturated carbocycles. The Morgan fingerprint density at radius 2 is 1.74 bits per heavy atom.